The van der Waals surface area contributed by atoms with Crippen LogP contribution in [0.5, 0.6) is 0 Å². The van der Waals surface area contributed by atoms with E-state index in [4.69, 9.17) is 12.2 Å². The Morgan fingerprint density at radius 3 is 2.71 bits per heavy atom. The third kappa shape index (κ3) is 2.76. The van der Waals surface area contributed by atoms with E-state index in [0.717, 1.165) is 23.0 Å². The van der Waals surface area contributed by atoms with Crippen molar-refractivity contribution in [3.63, 3.8) is 0 Å². The van der Waals surface area contributed by atoms with E-state index in [0.29, 0.717) is 16.3 Å². The second kappa shape index (κ2) is 5.46. The highest BCUT2D eigenvalue weighted by atomic mass is 79.9. The van der Waals surface area contributed by atoms with Crippen molar-refractivity contribution in [1.82, 2.24) is 19.9 Å². The van der Waals surface area contributed by atoms with Crippen LogP contribution in [0.25, 0.3) is 11.6 Å². The number of aryl methyl sites for hydroxylation is 1. The summed E-state index contributed by atoms with van der Waals surface area (Å²) in [7, 11) is 0. The zero-order valence-electron chi connectivity index (χ0n) is 9.27. The number of hydrogen-bond donors (Lipinski definition) is 1. The van der Waals surface area contributed by atoms with Crippen LogP contribution >= 0.6 is 28.1 Å². The van der Waals surface area contributed by atoms with Crippen LogP contribution in [0.2, 0.25) is 0 Å². The Morgan fingerprint density at radius 1 is 1.35 bits per heavy atom. The highest BCUT2D eigenvalue weighted by Gasteiger charge is 2.08. The molecule has 0 unspecified atom stereocenters. The summed E-state index contributed by atoms with van der Waals surface area (Å²) < 4.78 is 1.39. The molecule has 0 aromatic carbocycles. The second-order valence-corrected chi connectivity index (χ2v) is 4.69. The highest BCUT2D eigenvalue weighted by molar-refractivity contribution is 9.10. The number of H-pyrrole nitrogens is 1. The van der Waals surface area contributed by atoms with E-state index < -0.39 is 0 Å². The first-order valence-electron chi connectivity index (χ1n) is 5.28. The zero-order valence-corrected chi connectivity index (χ0v) is 11.7. The van der Waals surface area contributed by atoms with E-state index in [9.17, 15) is 0 Å². The van der Waals surface area contributed by atoms with Crippen molar-refractivity contribution in [2.75, 3.05) is 0 Å². The molecule has 0 atom stereocenters. The zero-order chi connectivity index (χ0) is 12.3. The monoisotopic (exact) mass is 310 g/mol. The fraction of sp³-hybridized carbons (Fsp3) is 0.273. The van der Waals surface area contributed by atoms with Gasteiger partial charge in [-0.25, -0.2) is 15.0 Å². The van der Waals surface area contributed by atoms with Crippen LogP contribution in [-0.4, -0.2) is 19.9 Å². The third-order valence-corrected chi connectivity index (χ3v) is 3.62. The number of aromatic nitrogens is 4. The number of halogens is 1. The van der Waals surface area contributed by atoms with E-state index in [1.54, 1.807) is 18.5 Å². The number of rotatable bonds is 3. The Morgan fingerprint density at radius 2 is 2.06 bits per heavy atom. The molecular weight excluding hydrogens is 300 g/mol. The maximum atomic E-state index is 5.21. The Labute approximate surface area is 113 Å². The second-order valence-electron chi connectivity index (χ2n) is 3.51. The largest absolute Gasteiger partial charge is 0.339 e. The van der Waals surface area contributed by atoms with Gasteiger partial charge in [0.05, 0.1) is 4.47 Å². The van der Waals surface area contributed by atoms with E-state index in [1.165, 1.54) is 0 Å². The number of nitrogens with one attached hydrogen (secondary N) is 1. The van der Waals surface area contributed by atoms with Gasteiger partial charge in [-0.15, -0.1) is 0 Å². The van der Waals surface area contributed by atoms with E-state index in [-0.39, 0.29) is 0 Å². The van der Waals surface area contributed by atoms with Gasteiger partial charge in [-0.2, -0.15) is 0 Å². The molecule has 88 valence electrons. The van der Waals surface area contributed by atoms with Gasteiger partial charge in [0, 0.05) is 18.1 Å². The number of nitrogens with zero attached hydrogens (tertiary/aromatic N) is 3. The first-order chi connectivity index (χ1) is 8.22. The van der Waals surface area contributed by atoms with Crippen LogP contribution in [0, 0.1) is 4.64 Å². The summed E-state index contributed by atoms with van der Waals surface area (Å²) in [6.07, 6.45) is 5.31. The normalized spacial score (nSPS) is 10.5. The maximum Gasteiger partial charge on any atom is 0.195 e. The van der Waals surface area contributed by atoms with Crippen molar-refractivity contribution in [3.05, 3.63) is 33.3 Å². The van der Waals surface area contributed by atoms with E-state index in [1.807, 2.05) is 0 Å². The lowest BCUT2D eigenvalue weighted by Gasteiger charge is -2.06. The van der Waals surface area contributed by atoms with Gasteiger partial charge in [-0.3, -0.25) is 0 Å². The van der Waals surface area contributed by atoms with Crippen LogP contribution in [0.4, 0.5) is 0 Å². The Balaban J connectivity index is 2.53. The minimum absolute atomic E-state index is 0.537. The maximum absolute atomic E-state index is 5.21. The van der Waals surface area contributed by atoms with Gasteiger partial charge in [0.1, 0.15) is 4.64 Å². The minimum Gasteiger partial charge on any atom is -0.339 e. The average molecular weight is 311 g/mol. The molecule has 4 nitrogen and oxygen atoms in total. The smallest absolute Gasteiger partial charge is 0.195 e. The predicted octanol–water partition coefficient (Wildman–Crippen LogP) is 3.31. The first kappa shape index (κ1) is 12.3. The topological polar surface area (TPSA) is 54.5 Å². The molecule has 2 aromatic heterocycles. The van der Waals surface area contributed by atoms with Crippen molar-refractivity contribution in [2.45, 2.75) is 19.8 Å². The first-order valence-corrected chi connectivity index (χ1v) is 6.48. The molecule has 0 aliphatic carbocycles. The third-order valence-electron chi connectivity index (χ3n) is 2.21. The lowest BCUT2D eigenvalue weighted by molar-refractivity contribution is 0.861. The fourth-order valence-corrected chi connectivity index (χ4v) is 2.06. The molecule has 2 heterocycles. The van der Waals surface area contributed by atoms with Crippen molar-refractivity contribution in [3.8, 4) is 11.6 Å². The summed E-state index contributed by atoms with van der Waals surface area (Å²) >= 11 is 8.66. The van der Waals surface area contributed by atoms with Gasteiger partial charge in [-0.05, 0) is 28.4 Å². The molecule has 0 aliphatic rings. The SMILES string of the molecule is CCCc1[nH]c(-c2ncccn2)nc(=S)c1Br. The van der Waals surface area contributed by atoms with Crippen LogP contribution in [0.15, 0.2) is 22.9 Å². The van der Waals surface area contributed by atoms with E-state index in [2.05, 4.69) is 42.8 Å². The van der Waals surface area contributed by atoms with Crippen molar-refractivity contribution >= 4 is 28.1 Å². The predicted molar refractivity (Wildman–Crippen MR) is 72.1 cm³/mol. The minimum atomic E-state index is 0.537. The summed E-state index contributed by atoms with van der Waals surface area (Å²) in [4.78, 5) is 15.8. The molecule has 0 aliphatic heterocycles. The molecule has 0 radical (unpaired) electrons. The van der Waals surface area contributed by atoms with Crippen LogP contribution in [0.1, 0.15) is 19.0 Å². The molecule has 1 N–H and O–H groups in total. The number of hydrogen-bond acceptors (Lipinski definition) is 4. The van der Waals surface area contributed by atoms with Gasteiger partial charge < -0.3 is 4.98 Å². The van der Waals surface area contributed by atoms with E-state index >= 15 is 0 Å². The van der Waals surface area contributed by atoms with Crippen molar-refractivity contribution in [1.29, 1.82) is 0 Å². The Hall–Kier alpha value is -1.14. The summed E-state index contributed by atoms with van der Waals surface area (Å²) in [5.41, 5.74) is 1.04. The highest BCUT2D eigenvalue weighted by Crippen LogP contribution is 2.20. The molecule has 0 bridgehead atoms. The van der Waals surface area contributed by atoms with Gasteiger partial charge in [-0.1, -0.05) is 25.6 Å². The van der Waals surface area contributed by atoms with Crippen LogP contribution in [0.3, 0.4) is 0 Å². The molecule has 0 spiro atoms. The van der Waals surface area contributed by atoms with Crippen LogP contribution in [-0.2, 0) is 6.42 Å². The number of aromatic amines is 1. The Bertz CT molecular complexity index is 567. The Kier molecular flexibility index (Phi) is 3.96. The fourth-order valence-electron chi connectivity index (χ4n) is 1.45. The van der Waals surface area contributed by atoms with Gasteiger partial charge in [0.2, 0.25) is 0 Å². The van der Waals surface area contributed by atoms with Gasteiger partial charge >= 0.3 is 0 Å². The molecule has 2 aromatic rings. The van der Waals surface area contributed by atoms with Crippen LogP contribution < -0.4 is 0 Å². The molecule has 0 saturated carbocycles. The molecule has 0 fully saturated rings. The molecule has 0 saturated heterocycles. The van der Waals surface area contributed by atoms with Crippen molar-refractivity contribution < 1.29 is 0 Å². The standard InChI is InChI=1S/C11H11BrN4S/c1-2-4-7-8(12)11(17)16-10(15-7)9-13-5-3-6-14-9/h3,5-6H,2,4H2,1H3,(H,15,16,17). The summed E-state index contributed by atoms with van der Waals surface area (Å²) in [5.74, 6) is 1.17. The lowest BCUT2D eigenvalue weighted by atomic mass is 10.2. The molecular formula is C11H11BrN4S. The average Bonchev–Trinajstić information content (AvgIpc) is 2.36. The van der Waals surface area contributed by atoms with Gasteiger partial charge in [0.25, 0.3) is 0 Å². The summed E-state index contributed by atoms with van der Waals surface area (Å²) in [6.45, 7) is 2.11. The summed E-state index contributed by atoms with van der Waals surface area (Å²) in [6, 6.07) is 1.77. The lowest BCUT2D eigenvalue weighted by Crippen LogP contribution is -2.00. The van der Waals surface area contributed by atoms with Gasteiger partial charge in [0.15, 0.2) is 11.6 Å². The quantitative estimate of drug-likeness (QED) is 0.884. The summed E-state index contributed by atoms with van der Waals surface area (Å²) in [5, 5.41) is 0. The molecule has 0 amide bonds. The molecule has 2 rings (SSSR count). The molecule has 6 heteroatoms. The molecule has 17 heavy (non-hydrogen) atoms. The van der Waals surface area contributed by atoms with Crippen molar-refractivity contribution in [2.24, 2.45) is 0 Å².